The Morgan fingerprint density at radius 2 is 2.08 bits per heavy atom. The molecule has 0 bridgehead atoms. The fourth-order valence-electron chi connectivity index (χ4n) is 1.30. The van der Waals surface area contributed by atoms with Crippen LogP contribution in [0.3, 0.4) is 0 Å². The van der Waals surface area contributed by atoms with Crippen LogP contribution in [0.2, 0.25) is 0 Å². The third kappa shape index (κ3) is 0.837. The van der Waals surface area contributed by atoms with Crippen LogP contribution in [0.15, 0.2) is 18.3 Å². The molecule has 5 heteroatoms. The van der Waals surface area contributed by atoms with Crippen LogP contribution >= 0.6 is 0 Å². The van der Waals surface area contributed by atoms with Crippen molar-refractivity contribution >= 4 is 11.8 Å². The second kappa shape index (κ2) is 2.29. The zero-order valence-corrected chi connectivity index (χ0v) is 6.85. The first kappa shape index (κ1) is 7.72. The highest BCUT2D eigenvalue weighted by molar-refractivity contribution is 6.19. The first-order valence-corrected chi connectivity index (χ1v) is 3.67. The van der Waals surface area contributed by atoms with E-state index in [1.807, 2.05) is 0 Å². The molecule has 0 fully saturated rings. The van der Waals surface area contributed by atoms with Gasteiger partial charge < -0.3 is 5.21 Å². The van der Waals surface area contributed by atoms with Crippen LogP contribution in [0.4, 0.5) is 0 Å². The monoisotopic (exact) mass is 178 g/mol. The van der Waals surface area contributed by atoms with Gasteiger partial charge in [-0.2, -0.15) is 4.73 Å². The smallest absolute Gasteiger partial charge is 0.327 e. The van der Waals surface area contributed by atoms with Crippen molar-refractivity contribution in [2.24, 2.45) is 0 Å². The van der Waals surface area contributed by atoms with Gasteiger partial charge in [-0.25, -0.2) is 0 Å². The molecule has 0 aliphatic carbocycles. The van der Waals surface area contributed by atoms with Crippen molar-refractivity contribution in [3.05, 3.63) is 34.8 Å². The molecule has 0 radical (unpaired) electrons. The van der Waals surface area contributed by atoms with Crippen molar-refractivity contribution < 1.29 is 14.3 Å². The third-order valence-corrected chi connectivity index (χ3v) is 2.00. The number of carbonyl (C=O) groups is 2. The van der Waals surface area contributed by atoms with Gasteiger partial charge in [0.25, 0.3) is 11.6 Å². The highest BCUT2D eigenvalue weighted by atomic mass is 16.5. The lowest BCUT2D eigenvalue weighted by Crippen LogP contribution is -2.35. The minimum atomic E-state index is -0.546. The van der Waals surface area contributed by atoms with E-state index in [9.17, 15) is 14.8 Å². The lowest BCUT2D eigenvalue weighted by atomic mass is 10.2. The summed E-state index contributed by atoms with van der Waals surface area (Å²) in [5, 5.41) is 11.1. The molecule has 1 aliphatic rings. The van der Waals surface area contributed by atoms with E-state index in [1.165, 1.54) is 25.4 Å². The van der Waals surface area contributed by atoms with E-state index < -0.39 is 11.8 Å². The average molecular weight is 178 g/mol. The van der Waals surface area contributed by atoms with E-state index in [-0.39, 0.29) is 11.3 Å². The second-order valence-electron chi connectivity index (χ2n) is 2.77. The van der Waals surface area contributed by atoms with Crippen LogP contribution < -0.4 is 4.73 Å². The van der Waals surface area contributed by atoms with Gasteiger partial charge in [-0.1, -0.05) is 0 Å². The fraction of sp³-hybridized carbons (Fsp3) is 0.125. The topological polar surface area (TPSA) is 64.3 Å². The average Bonchev–Trinajstić information content (AvgIpc) is 2.33. The van der Waals surface area contributed by atoms with Gasteiger partial charge in [0.05, 0.1) is 0 Å². The van der Waals surface area contributed by atoms with Gasteiger partial charge in [-0.05, 0) is 6.07 Å². The molecule has 0 saturated heterocycles. The predicted molar refractivity (Wildman–Crippen MR) is 41.8 cm³/mol. The summed E-state index contributed by atoms with van der Waals surface area (Å²) >= 11 is 0. The Bertz CT molecular complexity index is 414. The molecule has 13 heavy (non-hydrogen) atoms. The van der Waals surface area contributed by atoms with Crippen LogP contribution in [0.25, 0.3) is 0 Å². The maximum absolute atomic E-state index is 11.3. The predicted octanol–water partition coefficient (Wildman–Crippen LogP) is -0.454. The van der Waals surface area contributed by atoms with Crippen molar-refractivity contribution in [2.75, 3.05) is 7.05 Å². The van der Waals surface area contributed by atoms with E-state index in [4.69, 9.17) is 0 Å². The number of pyridine rings is 1. The minimum absolute atomic E-state index is 0.0880. The largest absolute Gasteiger partial charge is 0.618 e. The molecule has 0 atom stereocenters. The van der Waals surface area contributed by atoms with E-state index in [2.05, 4.69) is 0 Å². The van der Waals surface area contributed by atoms with Gasteiger partial charge in [0.1, 0.15) is 5.56 Å². The first-order valence-electron chi connectivity index (χ1n) is 3.67. The molecule has 2 rings (SSSR count). The lowest BCUT2D eigenvalue weighted by Gasteiger charge is -2.01. The molecule has 1 aliphatic heterocycles. The Labute approximate surface area is 73.8 Å². The van der Waals surface area contributed by atoms with Gasteiger partial charge in [-0.15, -0.1) is 0 Å². The number of hydrogen-bond donors (Lipinski definition) is 0. The molecule has 0 saturated carbocycles. The quantitative estimate of drug-likeness (QED) is 0.307. The molecular weight excluding hydrogens is 172 g/mol. The number of nitrogens with zero attached hydrogens (tertiary/aromatic N) is 2. The molecule has 1 aromatic heterocycles. The van der Waals surface area contributed by atoms with Gasteiger partial charge in [-0.3, -0.25) is 14.5 Å². The number of fused-ring (bicyclic) bond motifs is 1. The summed E-state index contributed by atoms with van der Waals surface area (Å²) in [7, 11) is 1.35. The van der Waals surface area contributed by atoms with E-state index in [1.54, 1.807) is 0 Å². The molecule has 1 aromatic rings. The van der Waals surface area contributed by atoms with Gasteiger partial charge in [0.2, 0.25) is 0 Å². The van der Waals surface area contributed by atoms with Crippen molar-refractivity contribution in [1.82, 2.24) is 4.90 Å². The summed E-state index contributed by atoms with van der Waals surface area (Å²) in [5.74, 6) is -0.971. The maximum Gasteiger partial charge on any atom is 0.327 e. The third-order valence-electron chi connectivity index (χ3n) is 2.00. The van der Waals surface area contributed by atoms with Gasteiger partial charge in [0.15, 0.2) is 6.20 Å². The molecule has 2 amide bonds. The number of hydrogen-bond acceptors (Lipinski definition) is 3. The van der Waals surface area contributed by atoms with Crippen molar-refractivity contribution in [3.63, 3.8) is 0 Å². The lowest BCUT2D eigenvalue weighted by molar-refractivity contribution is -0.607. The summed E-state index contributed by atoms with van der Waals surface area (Å²) in [6.45, 7) is 0. The zero-order chi connectivity index (χ0) is 9.59. The number of aromatic nitrogens is 1. The number of carbonyl (C=O) groups excluding carboxylic acids is 2. The molecule has 0 N–H and O–H groups in total. The number of rotatable bonds is 0. The summed E-state index contributed by atoms with van der Waals surface area (Å²) in [6, 6.07) is 2.91. The van der Waals surface area contributed by atoms with Crippen molar-refractivity contribution in [3.8, 4) is 0 Å². The van der Waals surface area contributed by atoms with Crippen molar-refractivity contribution in [1.29, 1.82) is 0 Å². The molecule has 66 valence electrons. The molecule has 5 nitrogen and oxygen atoms in total. The highest BCUT2D eigenvalue weighted by Gasteiger charge is 2.39. The standard InChI is InChI=1S/C8H6N2O3/c1-9-7(11)5-3-2-4-10(13)6(5)8(9)12/h2-4H,1H3. The zero-order valence-electron chi connectivity index (χ0n) is 6.85. The molecule has 0 unspecified atom stereocenters. The SMILES string of the molecule is CN1C(=O)c2ccc[n+]([O-])c2C1=O. The summed E-state index contributed by atoms with van der Waals surface area (Å²) in [6.07, 6.45) is 1.20. The van der Waals surface area contributed by atoms with Gasteiger partial charge >= 0.3 is 5.91 Å². The highest BCUT2D eigenvalue weighted by Crippen LogP contribution is 2.16. The first-order chi connectivity index (χ1) is 6.13. The van der Waals surface area contributed by atoms with E-state index >= 15 is 0 Å². The number of amides is 2. The maximum atomic E-state index is 11.3. The summed E-state index contributed by atoms with van der Waals surface area (Å²) < 4.78 is 0.416. The Morgan fingerprint density at radius 3 is 2.69 bits per heavy atom. The minimum Gasteiger partial charge on any atom is -0.618 e. The second-order valence-corrected chi connectivity index (χ2v) is 2.77. The van der Waals surface area contributed by atoms with Crippen LogP contribution in [0, 0.1) is 5.21 Å². The van der Waals surface area contributed by atoms with Crippen LogP contribution in [-0.2, 0) is 0 Å². The van der Waals surface area contributed by atoms with Crippen LogP contribution in [0.1, 0.15) is 20.8 Å². The van der Waals surface area contributed by atoms with Crippen LogP contribution in [-0.4, -0.2) is 23.8 Å². The Kier molecular flexibility index (Phi) is 1.36. The van der Waals surface area contributed by atoms with E-state index in [0.717, 1.165) is 4.90 Å². The van der Waals surface area contributed by atoms with Crippen LogP contribution in [0.5, 0.6) is 0 Å². The van der Waals surface area contributed by atoms with Crippen molar-refractivity contribution in [2.45, 2.75) is 0 Å². The Morgan fingerprint density at radius 1 is 1.38 bits per heavy atom. The summed E-state index contributed by atoms with van der Waals surface area (Å²) in [4.78, 5) is 23.6. The molecule has 2 heterocycles. The van der Waals surface area contributed by atoms with E-state index in [0.29, 0.717) is 4.73 Å². The molecular formula is C8H6N2O3. The molecule has 0 spiro atoms. The number of imide groups is 1. The fourth-order valence-corrected chi connectivity index (χ4v) is 1.30. The summed E-state index contributed by atoms with van der Waals surface area (Å²) in [5.41, 5.74) is 0.0833. The normalized spacial score (nSPS) is 15.0. The molecule has 0 aromatic carbocycles. The van der Waals surface area contributed by atoms with Gasteiger partial charge in [0, 0.05) is 13.1 Å². The Hall–Kier alpha value is -1.91. The Balaban J connectivity index is 2.74.